The molecule has 1 aliphatic carbocycles. The van der Waals surface area contributed by atoms with Gasteiger partial charge in [0.2, 0.25) is 0 Å². The van der Waals surface area contributed by atoms with Crippen LogP contribution in [0.2, 0.25) is 0 Å². The van der Waals surface area contributed by atoms with Crippen molar-refractivity contribution in [3.8, 4) is 0 Å². The summed E-state index contributed by atoms with van der Waals surface area (Å²) < 4.78 is 26.4. The van der Waals surface area contributed by atoms with Crippen LogP contribution >= 0.6 is 0 Å². The Bertz CT molecular complexity index is 434. The molecule has 2 atom stereocenters. The van der Waals surface area contributed by atoms with Gasteiger partial charge >= 0.3 is 5.97 Å². The molecule has 0 unspecified atom stereocenters. The summed E-state index contributed by atoms with van der Waals surface area (Å²) in [7, 11) is -0.549. The molecular formula is C10H18N2O4S. The molecule has 0 aromatic rings. The molecule has 0 aromatic heterocycles. The zero-order chi connectivity index (χ0) is 12.8. The first-order chi connectivity index (χ1) is 7.80. The summed E-state index contributed by atoms with van der Waals surface area (Å²) in [5.74, 6) is -0.883. The molecule has 2 fully saturated rings. The number of fused-ring (bicyclic) bond motifs is 1. The summed E-state index contributed by atoms with van der Waals surface area (Å²) >= 11 is 0. The Morgan fingerprint density at radius 2 is 2.12 bits per heavy atom. The second kappa shape index (κ2) is 3.93. The summed E-state index contributed by atoms with van der Waals surface area (Å²) in [6.07, 6.45) is 2.28. The van der Waals surface area contributed by atoms with Gasteiger partial charge in [-0.2, -0.15) is 17.0 Å². The zero-order valence-electron chi connectivity index (χ0n) is 10.1. The van der Waals surface area contributed by atoms with Crippen LogP contribution in [-0.4, -0.2) is 55.3 Å². The quantitative estimate of drug-likeness (QED) is 0.775. The van der Waals surface area contributed by atoms with Gasteiger partial charge in [0.15, 0.2) is 0 Å². The molecule has 1 aliphatic heterocycles. The molecule has 2 aliphatic rings. The van der Waals surface area contributed by atoms with Crippen molar-refractivity contribution in [2.24, 2.45) is 11.3 Å². The maximum atomic E-state index is 12.0. The SMILES string of the molecule is CN(C)S(=O)(=O)N1C[C@@H]2CCC[C@@]2(C(=O)O)C1. The van der Waals surface area contributed by atoms with E-state index >= 15 is 0 Å². The molecule has 2 rings (SSSR count). The van der Waals surface area contributed by atoms with Crippen molar-refractivity contribution in [1.29, 1.82) is 0 Å². The van der Waals surface area contributed by atoms with Crippen molar-refractivity contribution in [3.05, 3.63) is 0 Å². The third-order valence-electron chi connectivity index (χ3n) is 4.05. The van der Waals surface area contributed by atoms with Crippen LogP contribution in [0.25, 0.3) is 0 Å². The minimum absolute atomic E-state index is 0.0327. The smallest absolute Gasteiger partial charge is 0.311 e. The fourth-order valence-corrected chi connectivity index (χ4v) is 4.22. The van der Waals surface area contributed by atoms with Crippen LogP contribution in [0.15, 0.2) is 0 Å². The van der Waals surface area contributed by atoms with Gasteiger partial charge in [-0.05, 0) is 18.8 Å². The second-order valence-corrected chi connectivity index (χ2v) is 7.28. The van der Waals surface area contributed by atoms with Gasteiger partial charge in [-0.15, -0.1) is 0 Å². The lowest BCUT2D eigenvalue weighted by atomic mass is 9.81. The number of carbonyl (C=O) groups is 1. The fraction of sp³-hybridized carbons (Fsp3) is 0.900. The highest BCUT2D eigenvalue weighted by Gasteiger charge is 2.57. The molecule has 1 saturated carbocycles. The Morgan fingerprint density at radius 1 is 1.47 bits per heavy atom. The van der Waals surface area contributed by atoms with E-state index in [1.807, 2.05) is 0 Å². The summed E-state index contributed by atoms with van der Waals surface area (Å²) in [6.45, 7) is 0.459. The third kappa shape index (κ3) is 1.76. The van der Waals surface area contributed by atoms with Crippen LogP contribution in [0.1, 0.15) is 19.3 Å². The number of carboxylic acids is 1. The highest BCUT2D eigenvalue weighted by Crippen LogP contribution is 2.49. The van der Waals surface area contributed by atoms with Crippen molar-refractivity contribution in [2.45, 2.75) is 19.3 Å². The van der Waals surface area contributed by atoms with Crippen molar-refractivity contribution in [3.63, 3.8) is 0 Å². The maximum absolute atomic E-state index is 12.0. The minimum atomic E-state index is -3.49. The molecule has 0 radical (unpaired) electrons. The average Bonchev–Trinajstić information content (AvgIpc) is 2.72. The normalized spacial score (nSPS) is 34.2. The van der Waals surface area contributed by atoms with Crippen molar-refractivity contribution in [2.75, 3.05) is 27.2 Å². The summed E-state index contributed by atoms with van der Waals surface area (Å²) in [5.41, 5.74) is -0.844. The second-order valence-electron chi connectivity index (χ2n) is 5.13. The summed E-state index contributed by atoms with van der Waals surface area (Å²) in [4.78, 5) is 11.4. The largest absolute Gasteiger partial charge is 0.481 e. The van der Waals surface area contributed by atoms with E-state index in [0.717, 1.165) is 17.1 Å². The molecule has 0 bridgehead atoms. The lowest BCUT2D eigenvalue weighted by Gasteiger charge is -2.24. The first-order valence-corrected chi connectivity index (χ1v) is 7.11. The van der Waals surface area contributed by atoms with Gasteiger partial charge in [-0.25, -0.2) is 0 Å². The molecular weight excluding hydrogens is 244 g/mol. The number of carboxylic acid groups (broad SMARTS) is 1. The van der Waals surface area contributed by atoms with E-state index in [0.29, 0.717) is 13.0 Å². The Labute approximate surface area is 101 Å². The van der Waals surface area contributed by atoms with Gasteiger partial charge in [0, 0.05) is 27.2 Å². The molecule has 7 heteroatoms. The van der Waals surface area contributed by atoms with E-state index in [4.69, 9.17) is 0 Å². The van der Waals surface area contributed by atoms with E-state index in [2.05, 4.69) is 0 Å². The van der Waals surface area contributed by atoms with Crippen LogP contribution in [0, 0.1) is 11.3 Å². The Balaban J connectivity index is 2.28. The lowest BCUT2D eigenvalue weighted by molar-refractivity contribution is -0.149. The zero-order valence-corrected chi connectivity index (χ0v) is 10.9. The number of hydrogen-bond donors (Lipinski definition) is 1. The van der Waals surface area contributed by atoms with Gasteiger partial charge in [0.05, 0.1) is 5.41 Å². The molecule has 1 saturated heterocycles. The van der Waals surface area contributed by atoms with Crippen LogP contribution in [0.3, 0.4) is 0 Å². The summed E-state index contributed by atoms with van der Waals surface area (Å²) in [6, 6.07) is 0. The predicted octanol–water partition coefficient (Wildman–Crippen LogP) is -0.0205. The van der Waals surface area contributed by atoms with Crippen molar-refractivity contribution in [1.82, 2.24) is 8.61 Å². The standard InChI is InChI=1S/C10H18N2O4S/c1-11(2)17(15,16)12-6-8-4-3-5-10(8,7-12)9(13)14/h8H,3-7H2,1-2H3,(H,13,14)/t8-,10+/m0/s1. The van der Waals surface area contributed by atoms with Gasteiger partial charge in [0.25, 0.3) is 10.2 Å². The van der Waals surface area contributed by atoms with Gasteiger partial charge in [-0.1, -0.05) is 6.42 Å². The minimum Gasteiger partial charge on any atom is -0.481 e. The van der Waals surface area contributed by atoms with E-state index in [-0.39, 0.29) is 12.5 Å². The molecule has 17 heavy (non-hydrogen) atoms. The topological polar surface area (TPSA) is 77.9 Å². The number of aliphatic carboxylic acids is 1. The van der Waals surface area contributed by atoms with E-state index in [1.165, 1.54) is 18.4 Å². The Hall–Kier alpha value is -0.660. The number of rotatable bonds is 3. The molecule has 6 nitrogen and oxygen atoms in total. The van der Waals surface area contributed by atoms with E-state index < -0.39 is 21.6 Å². The molecule has 0 amide bonds. The van der Waals surface area contributed by atoms with Crippen molar-refractivity contribution >= 4 is 16.2 Å². The highest BCUT2D eigenvalue weighted by molar-refractivity contribution is 7.86. The van der Waals surface area contributed by atoms with Gasteiger partial charge in [-0.3, -0.25) is 4.79 Å². The van der Waals surface area contributed by atoms with Crippen LogP contribution in [0.5, 0.6) is 0 Å². The average molecular weight is 262 g/mol. The Kier molecular flexibility index (Phi) is 2.95. The number of hydrogen-bond acceptors (Lipinski definition) is 3. The molecule has 0 aromatic carbocycles. The van der Waals surface area contributed by atoms with Crippen LogP contribution < -0.4 is 0 Å². The van der Waals surface area contributed by atoms with Crippen LogP contribution in [0.4, 0.5) is 0 Å². The first kappa shape index (κ1) is 12.8. The third-order valence-corrected chi connectivity index (χ3v) is 5.91. The molecule has 0 spiro atoms. The number of nitrogens with zero attached hydrogens (tertiary/aromatic N) is 2. The maximum Gasteiger partial charge on any atom is 0.311 e. The monoisotopic (exact) mass is 262 g/mol. The van der Waals surface area contributed by atoms with Gasteiger partial charge in [0.1, 0.15) is 0 Å². The van der Waals surface area contributed by atoms with E-state index in [9.17, 15) is 18.3 Å². The van der Waals surface area contributed by atoms with Crippen molar-refractivity contribution < 1.29 is 18.3 Å². The first-order valence-electron chi connectivity index (χ1n) is 5.72. The summed E-state index contributed by atoms with van der Waals surface area (Å²) in [5, 5.41) is 9.36. The lowest BCUT2D eigenvalue weighted by Crippen LogP contribution is -2.41. The molecule has 1 N–H and O–H groups in total. The molecule has 1 heterocycles. The Morgan fingerprint density at radius 3 is 2.59 bits per heavy atom. The predicted molar refractivity (Wildman–Crippen MR) is 61.6 cm³/mol. The van der Waals surface area contributed by atoms with Crippen LogP contribution in [-0.2, 0) is 15.0 Å². The fourth-order valence-electron chi connectivity index (χ4n) is 3.00. The van der Waals surface area contributed by atoms with Gasteiger partial charge < -0.3 is 5.11 Å². The highest BCUT2D eigenvalue weighted by atomic mass is 32.2. The molecule has 98 valence electrons. The van der Waals surface area contributed by atoms with E-state index in [1.54, 1.807) is 0 Å².